The molecule has 1 heterocycles. The van der Waals surface area contributed by atoms with Gasteiger partial charge in [-0.25, -0.2) is 0 Å². The lowest BCUT2D eigenvalue weighted by molar-refractivity contribution is 0.235. The van der Waals surface area contributed by atoms with E-state index < -0.39 is 11.2 Å². The third-order valence-corrected chi connectivity index (χ3v) is 4.22. The molecule has 2 N–H and O–H groups in total. The molecule has 0 bridgehead atoms. The first-order valence-electron chi connectivity index (χ1n) is 8.30. The number of ether oxygens (including phenoxy) is 1. The number of aromatic hydroxyl groups is 1. The summed E-state index contributed by atoms with van der Waals surface area (Å²) in [5, 5.41) is 18.9. The van der Waals surface area contributed by atoms with Crippen LogP contribution in [0.3, 0.4) is 0 Å². The molecule has 2 aromatic carbocycles. The second kappa shape index (κ2) is 7.89. The molecule has 5 heteroatoms. The Morgan fingerprint density at radius 1 is 0.962 bits per heavy atom. The van der Waals surface area contributed by atoms with Gasteiger partial charge < -0.3 is 19.4 Å². The van der Waals surface area contributed by atoms with Crippen molar-refractivity contribution in [2.45, 2.75) is 19.4 Å². The van der Waals surface area contributed by atoms with E-state index in [0.29, 0.717) is 12.8 Å². The minimum atomic E-state index is -0.537. The number of methoxy groups -OCH3 is 1. The topological polar surface area (TPSA) is 79.9 Å². The molecule has 0 spiro atoms. The van der Waals surface area contributed by atoms with E-state index in [2.05, 4.69) is 0 Å². The lowest BCUT2D eigenvalue weighted by Gasteiger charge is -2.07. The maximum absolute atomic E-state index is 11.6. The van der Waals surface area contributed by atoms with Crippen LogP contribution in [0.5, 0.6) is 11.5 Å². The molecule has 3 rings (SSSR count). The highest BCUT2D eigenvalue weighted by atomic mass is 16.5. The van der Waals surface area contributed by atoms with E-state index in [1.165, 1.54) is 0 Å². The number of rotatable bonds is 6. The Balaban J connectivity index is 1.72. The summed E-state index contributed by atoms with van der Waals surface area (Å²) in [5.41, 5.74) is 2.70. The standard InChI is InChI=1S/C21H20O5/c1-25-17-9-7-16(8-10-17)15-5-2-14(3-6-15)4-11-20-21(24)19(23)12-18(13-22)26-20/h2-3,5-10,12,22,24H,4,11,13H2,1H3. The number of hydrogen-bond acceptors (Lipinski definition) is 5. The molecule has 0 saturated carbocycles. The molecule has 0 aliphatic rings. The fraction of sp³-hybridized carbons (Fsp3) is 0.190. The SMILES string of the molecule is COc1ccc(-c2ccc(CCc3oc(CO)cc(=O)c3O)cc2)cc1. The van der Waals surface area contributed by atoms with Crippen LogP contribution >= 0.6 is 0 Å². The van der Waals surface area contributed by atoms with Crippen molar-refractivity contribution in [3.8, 4) is 22.6 Å². The average Bonchev–Trinajstić information content (AvgIpc) is 2.69. The highest BCUT2D eigenvalue weighted by Crippen LogP contribution is 2.23. The van der Waals surface area contributed by atoms with Crippen LogP contribution in [0.4, 0.5) is 0 Å². The maximum Gasteiger partial charge on any atom is 0.227 e. The summed E-state index contributed by atoms with van der Waals surface area (Å²) in [6.07, 6.45) is 0.977. The molecule has 3 aromatic rings. The Morgan fingerprint density at radius 3 is 2.15 bits per heavy atom. The van der Waals surface area contributed by atoms with Gasteiger partial charge in [0, 0.05) is 12.5 Å². The summed E-state index contributed by atoms with van der Waals surface area (Å²) in [7, 11) is 1.64. The van der Waals surface area contributed by atoms with Crippen LogP contribution in [0.1, 0.15) is 17.1 Å². The predicted molar refractivity (Wildman–Crippen MR) is 98.4 cm³/mol. The summed E-state index contributed by atoms with van der Waals surface area (Å²) < 4.78 is 10.5. The Kier molecular flexibility index (Phi) is 5.39. The second-order valence-corrected chi connectivity index (χ2v) is 5.93. The minimum Gasteiger partial charge on any atom is -0.502 e. The van der Waals surface area contributed by atoms with E-state index >= 15 is 0 Å². The minimum absolute atomic E-state index is 0.151. The smallest absolute Gasteiger partial charge is 0.227 e. The van der Waals surface area contributed by atoms with E-state index in [1.54, 1.807) is 7.11 Å². The van der Waals surface area contributed by atoms with Gasteiger partial charge in [0.25, 0.3) is 0 Å². The van der Waals surface area contributed by atoms with E-state index in [1.807, 2.05) is 48.5 Å². The molecular formula is C21H20O5. The molecule has 0 amide bonds. The van der Waals surface area contributed by atoms with Crippen LogP contribution in [0, 0.1) is 0 Å². The van der Waals surface area contributed by atoms with Gasteiger partial charge in [-0.15, -0.1) is 0 Å². The fourth-order valence-electron chi connectivity index (χ4n) is 2.74. The zero-order valence-electron chi connectivity index (χ0n) is 14.4. The lowest BCUT2D eigenvalue weighted by Crippen LogP contribution is -2.05. The van der Waals surface area contributed by atoms with Gasteiger partial charge in [0.15, 0.2) is 0 Å². The van der Waals surface area contributed by atoms with Crippen molar-refractivity contribution in [1.29, 1.82) is 0 Å². The van der Waals surface area contributed by atoms with Crippen molar-refractivity contribution in [3.05, 3.63) is 81.9 Å². The van der Waals surface area contributed by atoms with E-state index in [-0.39, 0.29) is 18.1 Å². The van der Waals surface area contributed by atoms with Crippen LogP contribution in [0.25, 0.3) is 11.1 Å². The fourth-order valence-corrected chi connectivity index (χ4v) is 2.74. The molecule has 0 aliphatic heterocycles. The predicted octanol–water partition coefficient (Wildman–Crippen LogP) is 3.30. The Hall–Kier alpha value is -3.05. The Bertz CT molecular complexity index is 924. The molecule has 26 heavy (non-hydrogen) atoms. The lowest BCUT2D eigenvalue weighted by atomic mass is 10.0. The van der Waals surface area contributed by atoms with Gasteiger partial charge in [0.05, 0.1) is 7.11 Å². The quantitative estimate of drug-likeness (QED) is 0.711. The molecule has 0 aliphatic carbocycles. The van der Waals surface area contributed by atoms with Gasteiger partial charge in [0.2, 0.25) is 11.2 Å². The van der Waals surface area contributed by atoms with Crippen molar-refractivity contribution in [2.75, 3.05) is 7.11 Å². The number of aliphatic hydroxyl groups is 1. The third kappa shape index (κ3) is 3.95. The van der Waals surface area contributed by atoms with Crippen molar-refractivity contribution in [1.82, 2.24) is 0 Å². The molecule has 1 aromatic heterocycles. The number of benzene rings is 2. The van der Waals surface area contributed by atoms with Crippen LogP contribution in [0.2, 0.25) is 0 Å². The molecule has 5 nitrogen and oxygen atoms in total. The summed E-state index contributed by atoms with van der Waals surface area (Å²) in [6, 6.07) is 17.0. The monoisotopic (exact) mass is 352 g/mol. The highest BCUT2D eigenvalue weighted by Gasteiger charge is 2.11. The van der Waals surface area contributed by atoms with Crippen molar-refractivity contribution >= 4 is 0 Å². The second-order valence-electron chi connectivity index (χ2n) is 5.93. The molecule has 0 unspecified atom stereocenters. The molecule has 134 valence electrons. The van der Waals surface area contributed by atoms with Crippen molar-refractivity contribution < 1.29 is 19.4 Å². The van der Waals surface area contributed by atoms with E-state index in [0.717, 1.165) is 28.5 Å². The number of hydrogen-bond donors (Lipinski definition) is 2. The van der Waals surface area contributed by atoms with Crippen LogP contribution < -0.4 is 10.2 Å². The van der Waals surface area contributed by atoms with Crippen LogP contribution in [-0.2, 0) is 19.4 Å². The van der Waals surface area contributed by atoms with Crippen LogP contribution in [0.15, 0.2) is 63.8 Å². The summed E-state index contributed by atoms with van der Waals surface area (Å²) >= 11 is 0. The molecule has 0 atom stereocenters. The normalized spacial score (nSPS) is 10.7. The van der Waals surface area contributed by atoms with Gasteiger partial charge in [-0.05, 0) is 35.2 Å². The summed E-state index contributed by atoms with van der Waals surface area (Å²) in [5.74, 6) is 0.771. The molecule has 0 radical (unpaired) electrons. The summed E-state index contributed by atoms with van der Waals surface area (Å²) in [4.78, 5) is 11.6. The number of aryl methyl sites for hydroxylation is 2. The van der Waals surface area contributed by atoms with Gasteiger partial charge in [-0.1, -0.05) is 36.4 Å². The molecular weight excluding hydrogens is 332 g/mol. The largest absolute Gasteiger partial charge is 0.502 e. The zero-order chi connectivity index (χ0) is 18.5. The van der Waals surface area contributed by atoms with Crippen molar-refractivity contribution in [2.24, 2.45) is 0 Å². The average molecular weight is 352 g/mol. The van der Waals surface area contributed by atoms with Gasteiger partial charge in [-0.2, -0.15) is 0 Å². The zero-order valence-corrected chi connectivity index (χ0v) is 14.4. The molecule has 0 fully saturated rings. The van der Waals surface area contributed by atoms with Gasteiger partial charge >= 0.3 is 0 Å². The van der Waals surface area contributed by atoms with Crippen molar-refractivity contribution in [3.63, 3.8) is 0 Å². The first-order chi connectivity index (χ1) is 12.6. The Morgan fingerprint density at radius 2 is 1.58 bits per heavy atom. The van der Waals surface area contributed by atoms with Gasteiger partial charge in [0.1, 0.15) is 23.9 Å². The first kappa shape index (κ1) is 17.8. The van der Waals surface area contributed by atoms with E-state index in [4.69, 9.17) is 14.3 Å². The Labute approximate surface area is 151 Å². The van der Waals surface area contributed by atoms with Crippen LogP contribution in [-0.4, -0.2) is 17.3 Å². The number of aliphatic hydroxyl groups excluding tert-OH is 1. The highest BCUT2D eigenvalue weighted by molar-refractivity contribution is 5.64. The van der Waals surface area contributed by atoms with E-state index in [9.17, 15) is 9.90 Å². The third-order valence-electron chi connectivity index (χ3n) is 4.22. The maximum atomic E-state index is 11.6. The summed E-state index contributed by atoms with van der Waals surface area (Å²) in [6.45, 7) is -0.376. The first-order valence-corrected chi connectivity index (χ1v) is 8.30. The van der Waals surface area contributed by atoms with Gasteiger partial charge in [-0.3, -0.25) is 4.79 Å². The molecule has 0 saturated heterocycles.